The number of hydrogen-bond acceptors (Lipinski definition) is 0. The maximum Gasteiger partial charge on any atom is 0.0542 e. The lowest BCUT2D eigenvalue weighted by Crippen LogP contribution is -2.00. The zero-order valence-corrected chi connectivity index (χ0v) is 28.3. The zero-order valence-electron chi connectivity index (χ0n) is 28.3. The number of fused-ring (bicyclic) bond motifs is 9. The van der Waals surface area contributed by atoms with E-state index in [2.05, 4.69) is 178 Å². The summed E-state index contributed by atoms with van der Waals surface area (Å²) in [6, 6.07) is 49.5. The Morgan fingerprint density at radius 3 is 1.76 bits per heavy atom. The van der Waals surface area contributed by atoms with Crippen molar-refractivity contribution >= 4 is 66.3 Å². The first-order valence-corrected chi connectivity index (χ1v) is 18.2. The summed E-state index contributed by atoms with van der Waals surface area (Å²) >= 11 is 0. The van der Waals surface area contributed by atoms with Crippen LogP contribution in [-0.2, 0) is 6.42 Å². The van der Waals surface area contributed by atoms with Crippen LogP contribution in [0.3, 0.4) is 0 Å². The first kappa shape index (κ1) is 28.5. The van der Waals surface area contributed by atoms with E-state index in [0.717, 1.165) is 25.7 Å². The van der Waals surface area contributed by atoms with Gasteiger partial charge in [0, 0.05) is 49.7 Å². The first-order valence-electron chi connectivity index (χ1n) is 18.2. The van der Waals surface area contributed by atoms with Gasteiger partial charge in [0.2, 0.25) is 0 Å². The molecule has 0 radical (unpaired) electrons. The van der Waals surface area contributed by atoms with E-state index in [1.807, 2.05) is 0 Å². The topological polar surface area (TPSA) is 14.8 Å². The molecule has 0 unspecified atom stereocenters. The molecule has 3 aromatic heterocycles. The van der Waals surface area contributed by atoms with Crippen molar-refractivity contribution in [2.75, 3.05) is 0 Å². The molecule has 3 heterocycles. The van der Waals surface area contributed by atoms with Crippen LogP contribution in [0, 0.1) is 0 Å². The van der Waals surface area contributed by atoms with Gasteiger partial charge in [-0.1, -0.05) is 85.0 Å². The summed E-state index contributed by atoms with van der Waals surface area (Å²) in [4.78, 5) is 0. The molecule has 0 saturated carbocycles. The fraction of sp³-hybridized carbons (Fsp3) is 0.0833. The minimum Gasteiger partial charge on any atom is -0.310 e. The smallest absolute Gasteiger partial charge is 0.0542 e. The average Bonchev–Trinajstić information content (AvgIpc) is 3.83. The van der Waals surface area contributed by atoms with Crippen molar-refractivity contribution in [3.05, 3.63) is 169 Å². The fourth-order valence-electron chi connectivity index (χ4n) is 8.84. The van der Waals surface area contributed by atoms with E-state index >= 15 is 0 Å². The van der Waals surface area contributed by atoms with Gasteiger partial charge < -0.3 is 13.7 Å². The van der Waals surface area contributed by atoms with E-state index in [1.54, 1.807) is 0 Å². The van der Waals surface area contributed by atoms with Gasteiger partial charge in [-0.3, -0.25) is 0 Å². The van der Waals surface area contributed by atoms with Crippen molar-refractivity contribution in [1.82, 2.24) is 13.7 Å². The first-order chi connectivity index (χ1) is 25.3. The van der Waals surface area contributed by atoms with Crippen LogP contribution in [0.4, 0.5) is 0 Å². The molecule has 0 bridgehead atoms. The van der Waals surface area contributed by atoms with Crippen LogP contribution >= 0.6 is 0 Å². The van der Waals surface area contributed by atoms with Crippen LogP contribution in [0.2, 0.25) is 0 Å². The van der Waals surface area contributed by atoms with Crippen molar-refractivity contribution in [1.29, 1.82) is 0 Å². The van der Waals surface area contributed by atoms with Crippen LogP contribution < -0.4 is 0 Å². The van der Waals surface area contributed by atoms with Crippen LogP contribution in [0.25, 0.3) is 88.8 Å². The number of aryl methyl sites for hydroxylation is 1. The second-order valence-corrected chi connectivity index (χ2v) is 14.0. The summed E-state index contributed by atoms with van der Waals surface area (Å²) in [5, 5.41) is 6.49. The van der Waals surface area contributed by atoms with E-state index in [9.17, 15) is 0 Å². The summed E-state index contributed by atoms with van der Waals surface area (Å²) in [6.45, 7) is 0. The molecule has 51 heavy (non-hydrogen) atoms. The molecular formula is C48H35N3. The molecular weight excluding hydrogens is 619 g/mol. The Morgan fingerprint density at radius 2 is 1.00 bits per heavy atom. The Hall–Kier alpha value is -6.32. The normalized spacial score (nSPS) is 14.3. The lowest BCUT2D eigenvalue weighted by Gasteiger charge is -2.13. The highest BCUT2D eigenvalue weighted by Gasteiger charge is 2.21. The molecule has 11 rings (SSSR count). The highest BCUT2D eigenvalue weighted by atomic mass is 15.0. The standard InChI is InChI=1S/C48H35N3/c1-3-13-34(14-4-1)49-43-20-10-7-17-37(43)40-29-32(23-26-46(40)49)33-24-27-47-41(30-33)38-18-8-12-22-45(38)51(47)36-25-28-48-42(31-36)39-19-9-11-21-44(39)50(48)35-15-5-2-6-16-35/h2-3,5-7,9-17,19-31H,1,4,8,18H2. The predicted octanol–water partition coefficient (Wildman–Crippen LogP) is 12.7. The van der Waals surface area contributed by atoms with Crippen LogP contribution in [0.15, 0.2) is 158 Å². The molecule has 0 atom stereocenters. The SMILES string of the molecule is C1=CC(n2c3ccccc3c3cc(-c4ccc5c(c4)c4c(n5-c5ccc6c(c5)c5ccccc5n6-c5ccccc5)C=CCC4)ccc32)=CCC1. The second-order valence-electron chi connectivity index (χ2n) is 14.0. The summed E-state index contributed by atoms with van der Waals surface area (Å²) in [5.41, 5.74) is 15.1. The minimum atomic E-state index is 1.05. The molecule has 6 aromatic carbocycles. The third-order valence-corrected chi connectivity index (χ3v) is 11.1. The van der Waals surface area contributed by atoms with E-state index in [0.29, 0.717) is 0 Å². The van der Waals surface area contributed by atoms with Gasteiger partial charge in [0.05, 0.1) is 27.6 Å². The van der Waals surface area contributed by atoms with E-state index in [1.165, 1.54) is 94.0 Å². The lowest BCUT2D eigenvalue weighted by molar-refractivity contribution is 0.968. The molecule has 2 aliphatic rings. The number of allylic oxidation sites excluding steroid dienone is 5. The minimum absolute atomic E-state index is 1.05. The van der Waals surface area contributed by atoms with Gasteiger partial charge in [-0.25, -0.2) is 0 Å². The maximum atomic E-state index is 2.49. The number of benzene rings is 6. The largest absolute Gasteiger partial charge is 0.310 e. The lowest BCUT2D eigenvalue weighted by atomic mass is 9.97. The number of para-hydroxylation sites is 3. The Bertz CT molecular complexity index is 2960. The summed E-state index contributed by atoms with van der Waals surface area (Å²) in [5.74, 6) is 0. The Morgan fingerprint density at radius 1 is 0.392 bits per heavy atom. The third-order valence-electron chi connectivity index (χ3n) is 11.1. The zero-order chi connectivity index (χ0) is 33.5. The van der Waals surface area contributed by atoms with Gasteiger partial charge in [-0.05, 0) is 121 Å². The molecule has 242 valence electrons. The Balaban J connectivity index is 1.09. The van der Waals surface area contributed by atoms with Gasteiger partial charge >= 0.3 is 0 Å². The molecule has 9 aromatic rings. The fourth-order valence-corrected chi connectivity index (χ4v) is 8.84. The van der Waals surface area contributed by atoms with E-state index < -0.39 is 0 Å². The summed E-state index contributed by atoms with van der Waals surface area (Å²) in [7, 11) is 0. The quantitative estimate of drug-likeness (QED) is 0.180. The molecule has 0 fully saturated rings. The van der Waals surface area contributed by atoms with Gasteiger partial charge in [0.15, 0.2) is 0 Å². The molecule has 3 heteroatoms. The molecule has 0 saturated heterocycles. The number of hydrogen-bond donors (Lipinski definition) is 0. The highest BCUT2D eigenvalue weighted by molar-refractivity contribution is 6.12. The molecule has 0 spiro atoms. The van der Waals surface area contributed by atoms with Crippen molar-refractivity contribution in [3.63, 3.8) is 0 Å². The maximum absolute atomic E-state index is 2.49. The summed E-state index contributed by atoms with van der Waals surface area (Å²) in [6.07, 6.45) is 15.9. The monoisotopic (exact) mass is 653 g/mol. The van der Waals surface area contributed by atoms with Crippen LogP contribution in [0.5, 0.6) is 0 Å². The van der Waals surface area contributed by atoms with Crippen molar-refractivity contribution in [2.24, 2.45) is 0 Å². The van der Waals surface area contributed by atoms with Crippen molar-refractivity contribution < 1.29 is 0 Å². The molecule has 0 amide bonds. The number of rotatable bonds is 4. The molecule has 3 nitrogen and oxygen atoms in total. The average molecular weight is 654 g/mol. The number of aromatic nitrogens is 3. The Labute approximate surface area is 296 Å². The Kier molecular flexibility index (Phi) is 6.20. The molecule has 2 aliphatic carbocycles. The van der Waals surface area contributed by atoms with E-state index in [4.69, 9.17) is 0 Å². The highest BCUT2D eigenvalue weighted by Crippen LogP contribution is 2.40. The predicted molar refractivity (Wildman–Crippen MR) is 216 cm³/mol. The van der Waals surface area contributed by atoms with Gasteiger partial charge in [0.1, 0.15) is 0 Å². The van der Waals surface area contributed by atoms with Gasteiger partial charge in [-0.2, -0.15) is 0 Å². The van der Waals surface area contributed by atoms with Gasteiger partial charge in [0.25, 0.3) is 0 Å². The van der Waals surface area contributed by atoms with E-state index in [-0.39, 0.29) is 0 Å². The molecule has 0 aliphatic heterocycles. The van der Waals surface area contributed by atoms with Crippen LogP contribution in [0.1, 0.15) is 30.5 Å². The van der Waals surface area contributed by atoms with Crippen LogP contribution in [-0.4, -0.2) is 13.7 Å². The van der Waals surface area contributed by atoms with Crippen molar-refractivity contribution in [2.45, 2.75) is 25.7 Å². The third kappa shape index (κ3) is 4.25. The molecule has 0 N–H and O–H groups in total. The summed E-state index contributed by atoms with van der Waals surface area (Å²) < 4.78 is 7.31. The van der Waals surface area contributed by atoms with Crippen molar-refractivity contribution in [3.8, 4) is 22.5 Å². The second kappa shape index (κ2) is 11.1. The van der Waals surface area contributed by atoms with Gasteiger partial charge in [-0.15, -0.1) is 0 Å². The number of nitrogens with zero attached hydrogens (tertiary/aromatic N) is 3.